The van der Waals surface area contributed by atoms with Gasteiger partial charge >= 0.3 is 5.97 Å². The van der Waals surface area contributed by atoms with Gasteiger partial charge in [0.1, 0.15) is 12.1 Å². The maximum atomic E-state index is 11.6. The Balaban J connectivity index is 2.20. The van der Waals surface area contributed by atoms with E-state index in [2.05, 4.69) is 34.4 Å². The van der Waals surface area contributed by atoms with Crippen molar-refractivity contribution in [1.82, 2.24) is 4.98 Å². The van der Waals surface area contributed by atoms with Crippen LogP contribution < -0.4 is 16.8 Å². The third kappa shape index (κ3) is 13.5. The van der Waals surface area contributed by atoms with Crippen molar-refractivity contribution in [2.45, 2.75) is 77.2 Å². The molecule has 0 unspecified atom stereocenters. The molecule has 2 aromatic rings. The summed E-state index contributed by atoms with van der Waals surface area (Å²) in [6.07, 6.45) is 18.7. The predicted molar refractivity (Wildman–Crippen MR) is 161 cm³/mol. The zero-order valence-corrected chi connectivity index (χ0v) is 23.1. The summed E-state index contributed by atoms with van der Waals surface area (Å²) in [5, 5.41) is 13.0. The minimum atomic E-state index is -1.03. The summed E-state index contributed by atoms with van der Waals surface area (Å²) in [6, 6.07) is 11.6. The van der Waals surface area contributed by atoms with E-state index >= 15 is 0 Å². The Morgan fingerprint density at radius 2 is 1.87 bits per heavy atom. The van der Waals surface area contributed by atoms with Crippen LogP contribution in [0.1, 0.15) is 75.8 Å². The Labute approximate surface area is 232 Å². The topological polar surface area (TPSA) is 147 Å². The van der Waals surface area contributed by atoms with E-state index in [9.17, 15) is 14.7 Å². The number of nitrogens with one attached hydrogen (secondary N) is 2. The molecule has 1 aromatic carbocycles. The van der Waals surface area contributed by atoms with Crippen LogP contribution in [0.5, 0.6) is 0 Å². The largest absolute Gasteiger partial charge is 0.478 e. The van der Waals surface area contributed by atoms with Crippen molar-refractivity contribution < 1.29 is 14.7 Å². The van der Waals surface area contributed by atoms with Crippen molar-refractivity contribution in [3.05, 3.63) is 71.4 Å². The zero-order chi connectivity index (χ0) is 28.3. The first-order valence-corrected chi connectivity index (χ1v) is 14.0. The molecule has 0 fully saturated rings. The lowest BCUT2D eigenvalue weighted by Crippen LogP contribution is -2.28. The van der Waals surface area contributed by atoms with Gasteiger partial charge in [-0.25, -0.2) is 9.79 Å². The van der Waals surface area contributed by atoms with Crippen molar-refractivity contribution in [2.24, 2.45) is 22.4 Å². The molecule has 0 spiro atoms. The normalized spacial score (nSPS) is 13.2. The molecule has 2 rings (SSSR count). The summed E-state index contributed by atoms with van der Waals surface area (Å²) < 4.78 is 0. The zero-order valence-electron chi connectivity index (χ0n) is 23.1. The molecule has 0 aliphatic rings. The monoisotopic (exact) mass is 535 g/mol. The van der Waals surface area contributed by atoms with E-state index in [-0.39, 0.29) is 18.5 Å². The minimum absolute atomic E-state index is 0.0781. The maximum Gasteiger partial charge on any atom is 0.328 e. The number of aldehydes is 1. The molecule has 2 atom stereocenters. The van der Waals surface area contributed by atoms with Crippen LogP contribution in [-0.2, 0) is 16.0 Å². The number of aliphatic carboxylic acids is 1. The van der Waals surface area contributed by atoms with Crippen molar-refractivity contribution in [2.75, 3.05) is 11.9 Å². The number of benzene rings is 1. The number of H-pyrrole nitrogens is 1. The van der Waals surface area contributed by atoms with Gasteiger partial charge in [-0.1, -0.05) is 81.9 Å². The SMILES string of the molecule is CCCCCCCC[C@H](/C=C/c1cccc(CC=O)c1)CC[C@@H](Nc1ccc[nH]1)/C(=C/C(=O)O)CN=C(N)N. The lowest BCUT2D eigenvalue weighted by molar-refractivity contribution is -0.131. The first kappa shape index (κ1) is 31.4. The molecule has 39 heavy (non-hydrogen) atoms. The lowest BCUT2D eigenvalue weighted by atomic mass is 9.90. The van der Waals surface area contributed by atoms with E-state index < -0.39 is 5.97 Å². The molecule has 8 nitrogen and oxygen atoms in total. The maximum absolute atomic E-state index is 11.6. The Hall–Kier alpha value is -3.81. The van der Waals surface area contributed by atoms with Gasteiger partial charge in [-0.2, -0.15) is 0 Å². The number of carboxylic acids is 1. The highest BCUT2D eigenvalue weighted by Gasteiger charge is 2.18. The highest BCUT2D eigenvalue weighted by atomic mass is 16.4. The summed E-state index contributed by atoms with van der Waals surface area (Å²) in [4.78, 5) is 29.8. The van der Waals surface area contributed by atoms with Gasteiger partial charge in [0.2, 0.25) is 0 Å². The number of allylic oxidation sites excluding steroid dienone is 1. The smallest absolute Gasteiger partial charge is 0.328 e. The van der Waals surface area contributed by atoms with Crippen LogP contribution in [0.25, 0.3) is 6.08 Å². The fraction of sp³-hybridized carbons (Fsp3) is 0.452. The van der Waals surface area contributed by atoms with Gasteiger partial charge < -0.3 is 31.7 Å². The first-order chi connectivity index (χ1) is 18.9. The number of rotatable bonds is 20. The molecular weight excluding hydrogens is 490 g/mol. The van der Waals surface area contributed by atoms with Crippen molar-refractivity contribution in [3.8, 4) is 0 Å². The number of carbonyl (C=O) groups is 2. The number of guanidine groups is 1. The highest BCUT2D eigenvalue weighted by molar-refractivity contribution is 5.81. The van der Waals surface area contributed by atoms with Crippen molar-refractivity contribution in [3.63, 3.8) is 0 Å². The number of hydrogen-bond acceptors (Lipinski definition) is 4. The predicted octanol–water partition coefficient (Wildman–Crippen LogP) is 5.68. The van der Waals surface area contributed by atoms with E-state index in [1.807, 2.05) is 42.6 Å². The van der Waals surface area contributed by atoms with Gasteiger partial charge in [0.05, 0.1) is 12.6 Å². The number of aromatic nitrogens is 1. The molecule has 0 saturated carbocycles. The van der Waals surface area contributed by atoms with E-state index in [1.165, 1.54) is 38.2 Å². The van der Waals surface area contributed by atoms with Crippen LogP contribution in [0, 0.1) is 5.92 Å². The number of nitrogens with two attached hydrogens (primary N) is 2. The van der Waals surface area contributed by atoms with Gasteiger partial charge in [0.15, 0.2) is 5.96 Å². The van der Waals surface area contributed by atoms with Crippen LogP contribution in [0.3, 0.4) is 0 Å². The standard InChI is InChI=1S/C31H45N5O3/c1-2-3-4-5-6-7-10-24(14-15-25-11-8-12-26(21-25)18-20-37)16-17-28(36-29-13-9-19-34-29)27(22-30(38)39)23-35-31(32)33/h8-9,11-15,19-22,24,28,34,36H,2-7,10,16-18,23H2,1H3,(H,38,39)(H4,32,33,35)/b15-14+,27-22+/t24-,28-/m1/s1. The van der Waals surface area contributed by atoms with E-state index in [0.717, 1.165) is 42.5 Å². The fourth-order valence-electron chi connectivity index (χ4n) is 4.63. The molecule has 0 radical (unpaired) electrons. The third-order valence-electron chi connectivity index (χ3n) is 6.71. The van der Waals surface area contributed by atoms with Crippen LogP contribution in [-0.4, -0.2) is 40.9 Å². The molecule has 1 heterocycles. The second-order valence-corrected chi connectivity index (χ2v) is 9.95. The quantitative estimate of drug-likeness (QED) is 0.0484. The van der Waals surface area contributed by atoms with Crippen LogP contribution in [0.2, 0.25) is 0 Å². The molecular formula is C31H45N5O3. The molecule has 8 heteroatoms. The molecule has 1 aromatic heterocycles. The van der Waals surface area contributed by atoms with Gasteiger partial charge in [0.25, 0.3) is 0 Å². The van der Waals surface area contributed by atoms with Crippen LogP contribution in [0.15, 0.2) is 65.3 Å². The molecule has 212 valence electrons. The Bertz CT molecular complexity index is 1070. The number of hydrogen-bond donors (Lipinski definition) is 5. The number of aromatic amines is 1. The Morgan fingerprint density at radius 1 is 1.08 bits per heavy atom. The third-order valence-corrected chi connectivity index (χ3v) is 6.71. The summed E-state index contributed by atoms with van der Waals surface area (Å²) in [6.45, 7) is 2.33. The number of carbonyl (C=O) groups excluding carboxylic acids is 1. The van der Waals surface area contributed by atoms with Gasteiger partial charge in [0, 0.05) is 18.7 Å². The Morgan fingerprint density at radius 3 is 2.56 bits per heavy atom. The second kappa shape index (κ2) is 18.4. The highest BCUT2D eigenvalue weighted by Crippen LogP contribution is 2.24. The van der Waals surface area contributed by atoms with Crippen molar-refractivity contribution >= 4 is 30.1 Å². The summed E-state index contributed by atoms with van der Waals surface area (Å²) in [7, 11) is 0. The fourth-order valence-corrected chi connectivity index (χ4v) is 4.63. The van der Waals surface area contributed by atoms with Gasteiger partial charge in [-0.3, -0.25) is 0 Å². The van der Waals surface area contributed by atoms with Crippen LogP contribution >= 0.6 is 0 Å². The molecule has 0 saturated heterocycles. The molecule has 0 bridgehead atoms. The summed E-state index contributed by atoms with van der Waals surface area (Å²) >= 11 is 0. The summed E-state index contributed by atoms with van der Waals surface area (Å²) in [5.41, 5.74) is 13.8. The van der Waals surface area contributed by atoms with E-state index in [0.29, 0.717) is 24.3 Å². The van der Waals surface area contributed by atoms with Gasteiger partial charge in [-0.15, -0.1) is 0 Å². The summed E-state index contributed by atoms with van der Waals surface area (Å²) in [5.74, 6) is 0.00223. The van der Waals surface area contributed by atoms with E-state index in [4.69, 9.17) is 11.5 Å². The number of anilines is 1. The Kier molecular flexibility index (Phi) is 14.9. The van der Waals surface area contributed by atoms with Gasteiger partial charge in [-0.05, 0) is 54.0 Å². The van der Waals surface area contributed by atoms with Crippen LogP contribution in [0.4, 0.5) is 5.82 Å². The lowest BCUT2D eigenvalue weighted by Gasteiger charge is -2.23. The number of nitrogens with zero attached hydrogens (tertiary/aromatic N) is 1. The molecule has 0 aliphatic carbocycles. The first-order valence-electron chi connectivity index (χ1n) is 14.0. The number of aliphatic imine (C=N–C) groups is 1. The van der Waals surface area contributed by atoms with E-state index in [1.54, 1.807) is 0 Å². The molecule has 0 aliphatic heterocycles. The minimum Gasteiger partial charge on any atom is -0.478 e. The molecule has 7 N–H and O–H groups in total. The second-order valence-electron chi connectivity index (χ2n) is 9.95. The number of carboxylic acid groups (broad SMARTS) is 1. The molecule has 0 amide bonds. The number of unbranched alkanes of at least 4 members (excludes halogenated alkanes) is 5. The average Bonchev–Trinajstić information content (AvgIpc) is 3.42. The average molecular weight is 536 g/mol. The van der Waals surface area contributed by atoms with Crippen molar-refractivity contribution in [1.29, 1.82) is 0 Å².